The third kappa shape index (κ3) is 1.94. The molecule has 0 aliphatic heterocycles. The van der Waals surface area contributed by atoms with Gasteiger partial charge in [-0.3, -0.25) is 0 Å². The molecule has 3 atom stereocenters. The van der Waals surface area contributed by atoms with E-state index in [2.05, 4.69) is 41.6 Å². The van der Waals surface area contributed by atoms with Crippen LogP contribution in [0.3, 0.4) is 0 Å². The third-order valence-corrected chi connectivity index (χ3v) is 4.85. The van der Waals surface area contributed by atoms with E-state index in [0.717, 1.165) is 25.1 Å². The number of fused-ring (bicyclic) bond motifs is 2. The zero-order valence-corrected chi connectivity index (χ0v) is 10.7. The lowest BCUT2D eigenvalue weighted by Gasteiger charge is -2.30. The molecule has 0 amide bonds. The van der Waals surface area contributed by atoms with Crippen molar-refractivity contribution < 1.29 is 0 Å². The lowest BCUT2D eigenvalue weighted by atomic mass is 9.85. The van der Waals surface area contributed by atoms with E-state index in [9.17, 15) is 0 Å². The highest BCUT2D eigenvalue weighted by Crippen LogP contribution is 2.47. The summed E-state index contributed by atoms with van der Waals surface area (Å²) in [6, 6.07) is 4.22. The van der Waals surface area contributed by atoms with Gasteiger partial charge in [0.1, 0.15) is 0 Å². The van der Waals surface area contributed by atoms with Crippen molar-refractivity contribution in [1.82, 2.24) is 5.32 Å². The summed E-state index contributed by atoms with van der Waals surface area (Å²) in [6.07, 6.45) is 6.70. The van der Waals surface area contributed by atoms with Crippen LogP contribution in [0.1, 0.15) is 17.7 Å². The van der Waals surface area contributed by atoms with E-state index in [1.165, 1.54) is 4.88 Å². The molecule has 2 aliphatic rings. The molecular formula is C14H18N2S. The fraction of sp³-hybridized carbons (Fsp3) is 0.429. The van der Waals surface area contributed by atoms with Gasteiger partial charge in [0.05, 0.1) is 0 Å². The molecule has 2 aliphatic carbocycles. The van der Waals surface area contributed by atoms with Crippen molar-refractivity contribution in [2.45, 2.75) is 24.9 Å². The van der Waals surface area contributed by atoms with E-state index in [4.69, 9.17) is 5.73 Å². The van der Waals surface area contributed by atoms with E-state index < -0.39 is 0 Å². The van der Waals surface area contributed by atoms with Gasteiger partial charge in [0.2, 0.25) is 0 Å². The fourth-order valence-corrected chi connectivity index (χ4v) is 3.70. The fourth-order valence-electron chi connectivity index (χ4n) is 3.05. The molecule has 2 bridgehead atoms. The maximum Gasteiger partial charge on any atom is 0.0491 e. The second kappa shape index (κ2) is 4.00. The predicted octanol–water partition coefficient (Wildman–Crippen LogP) is 2.64. The second-order valence-corrected chi connectivity index (χ2v) is 6.21. The first-order valence-corrected chi connectivity index (χ1v) is 6.99. The molecule has 0 saturated heterocycles. The Balaban J connectivity index is 1.62. The van der Waals surface area contributed by atoms with Crippen LogP contribution in [0, 0.1) is 11.8 Å². The van der Waals surface area contributed by atoms with Crippen molar-refractivity contribution in [3.63, 3.8) is 0 Å². The van der Waals surface area contributed by atoms with Crippen molar-refractivity contribution in [2.75, 3.05) is 0 Å². The lowest BCUT2D eigenvalue weighted by molar-refractivity contribution is 0.418. The van der Waals surface area contributed by atoms with E-state index in [1.807, 2.05) is 0 Å². The van der Waals surface area contributed by atoms with Crippen molar-refractivity contribution in [3.8, 4) is 0 Å². The lowest BCUT2D eigenvalue weighted by Crippen LogP contribution is -2.43. The van der Waals surface area contributed by atoms with Crippen LogP contribution in [0.4, 0.5) is 0 Å². The van der Waals surface area contributed by atoms with Gasteiger partial charge in [-0.15, -0.1) is 11.3 Å². The molecule has 1 aromatic heterocycles. The number of hydrogen-bond acceptors (Lipinski definition) is 3. The summed E-state index contributed by atoms with van der Waals surface area (Å²) in [4.78, 5) is 1.34. The van der Waals surface area contributed by atoms with Crippen LogP contribution in [0.2, 0.25) is 0 Å². The van der Waals surface area contributed by atoms with Gasteiger partial charge < -0.3 is 11.1 Å². The average molecular weight is 246 g/mol. The molecule has 3 rings (SSSR count). The molecular weight excluding hydrogens is 228 g/mol. The van der Waals surface area contributed by atoms with Gasteiger partial charge in [-0.2, -0.15) is 0 Å². The monoisotopic (exact) mass is 246 g/mol. The summed E-state index contributed by atoms with van der Waals surface area (Å²) in [5.41, 5.74) is 7.38. The molecule has 3 heteroatoms. The third-order valence-electron chi connectivity index (χ3n) is 3.97. The SMILES string of the molecule is C=C(NCc1cccs1)C1C[C@@H]2C=C[C@@]1(N)C2. The first-order chi connectivity index (χ1) is 8.17. The Kier molecular flexibility index (Phi) is 2.60. The molecule has 90 valence electrons. The highest BCUT2D eigenvalue weighted by molar-refractivity contribution is 7.09. The van der Waals surface area contributed by atoms with Crippen molar-refractivity contribution in [3.05, 3.63) is 46.8 Å². The largest absolute Gasteiger partial charge is 0.384 e. The molecule has 3 N–H and O–H groups in total. The Hall–Kier alpha value is -1.06. The molecule has 0 aromatic carbocycles. The summed E-state index contributed by atoms with van der Waals surface area (Å²) in [5, 5.41) is 5.54. The zero-order chi connectivity index (χ0) is 11.9. The number of hydrogen-bond donors (Lipinski definition) is 2. The topological polar surface area (TPSA) is 38.0 Å². The summed E-state index contributed by atoms with van der Waals surface area (Å²) in [7, 11) is 0. The Morgan fingerprint density at radius 3 is 3.12 bits per heavy atom. The van der Waals surface area contributed by atoms with Crippen LogP contribution >= 0.6 is 11.3 Å². The molecule has 1 heterocycles. The Morgan fingerprint density at radius 2 is 2.53 bits per heavy atom. The van der Waals surface area contributed by atoms with Crippen LogP contribution in [0.15, 0.2) is 41.9 Å². The van der Waals surface area contributed by atoms with Gasteiger partial charge in [0.25, 0.3) is 0 Å². The molecule has 0 spiro atoms. The zero-order valence-electron chi connectivity index (χ0n) is 9.86. The highest BCUT2D eigenvalue weighted by Gasteiger charge is 2.46. The van der Waals surface area contributed by atoms with Gasteiger partial charge in [0, 0.05) is 28.6 Å². The smallest absolute Gasteiger partial charge is 0.0491 e. The quantitative estimate of drug-likeness (QED) is 0.802. The van der Waals surface area contributed by atoms with Crippen LogP contribution in [0.25, 0.3) is 0 Å². The van der Waals surface area contributed by atoms with Gasteiger partial charge in [-0.05, 0) is 30.2 Å². The van der Waals surface area contributed by atoms with Crippen molar-refractivity contribution in [2.24, 2.45) is 17.6 Å². The molecule has 0 radical (unpaired) electrons. The van der Waals surface area contributed by atoms with Gasteiger partial charge in [-0.1, -0.05) is 24.8 Å². The first kappa shape index (κ1) is 11.1. The van der Waals surface area contributed by atoms with Gasteiger partial charge >= 0.3 is 0 Å². The molecule has 17 heavy (non-hydrogen) atoms. The standard InChI is InChI=1S/C14H18N2S/c1-10(16-9-12-3-2-6-17-12)13-7-11-4-5-14(13,15)8-11/h2-6,11,13,16H,1,7-9,15H2/t11-,13?,14+/m0/s1. The first-order valence-electron chi connectivity index (χ1n) is 6.11. The summed E-state index contributed by atoms with van der Waals surface area (Å²) >= 11 is 1.77. The number of thiophene rings is 1. The molecule has 1 unspecified atom stereocenters. The molecule has 2 nitrogen and oxygen atoms in total. The minimum Gasteiger partial charge on any atom is -0.384 e. The average Bonchev–Trinajstić information content (AvgIpc) is 2.99. The second-order valence-electron chi connectivity index (χ2n) is 5.18. The van der Waals surface area contributed by atoms with E-state index in [0.29, 0.717) is 11.8 Å². The Morgan fingerprint density at radius 1 is 1.65 bits per heavy atom. The normalized spacial score (nSPS) is 34.2. The van der Waals surface area contributed by atoms with Gasteiger partial charge in [0.15, 0.2) is 0 Å². The number of nitrogens with one attached hydrogen (secondary N) is 1. The van der Waals surface area contributed by atoms with Crippen LogP contribution in [-0.4, -0.2) is 5.54 Å². The molecule has 1 fully saturated rings. The Labute approximate surface area is 106 Å². The van der Waals surface area contributed by atoms with Crippen molar-refractivity contribution >= 4 is 11.3 Å². The minimum atomic E-state index is -0.135. The molecule has 1 aromatic rings. The van der Waals surface area contributed by atoms with Crippen LogP contribution in [-0.2, 0) is 6.54 Å². The summed E-state index contributed by atoms with van der Waals surface area (Å²) < 4.78 is 0. The van der Waals surface area contributed by atoms with E-state index in [1.54, 1.807) is 11.3 Å². The molecule has 1 saturated carbocycles. The van der Waals surface area contributed by atoms with Crippen LogP contribution in [0.5, 0.6) is 0 Å². The summed E-state index contributed by atoms with van der Waals surface area (Å²) in [5.74, 6) is 1.07. The number of nitrogens with two attached hydrogens (primary N) is 1. The maximum absolute atomic E-state index is 6.41. The Bertz CT molecular complexity index is 449. The van der Waals surface area contributed by atoms with Crippen LogP contribution < -0.4 is 11.1 Å². The highest BCUT2D eigenvalue weighted by atomic mass is 32.1. The number of allylic oxidation sites excluding steroid dienone is 1. The van der Waals surface area contributed by atoms with E-state index >= 15 is 0 Å². The van der Waals surface area contributed by atoms with Gasteiger partial charge in [-0.25, -0.2) is 0 Å². The number of rotatable bonds is 4. The predicted molar refractivity (Wildman–Crippen MR) is 72.6 cm³/mol. The maximum atomic E-state index is 6.41. The summed E-state index contributed by atoms with van der Waals surface area (Å²) in [6.45, 7) is 5.05. The minimum absolute atomic E-state index is 0.135. The van der Waals surface area contributed by atoms with E-state index in [-0.39, 0.29) is 5.54 Å². The van der Waals surface area contributed by atoms with Crippen molar-refractivity contribution in [1.29, 1.82) is 0 Å².